The SMILES string of the molecule is OCCn1cc(-c2cc(CO)c3c(c2)C(O)(C(F)(F)F)c2ccccc2-3)cn1. The molecule has 0 radical (unpaired) electrons. The molecule has 0 bridgehead atoms. The predicted octanol–water partition coefficient (Wildman–Crippen LogP) is 2.81. The summed E-state index contributed by atoms with van der Waals surface area (Å²) < 4.78 is 43.5. The molecule has 1 unspecified atom stereocenters. The molecule has 2 aromatic carbocycles. The van der Waals surface area contributed by atoms with Crippen LogP contribution >= 0.6 is 0 Å². The minimum atomic E-state index is -4.94. The van der Waals surface area contributed by atoms with Crippen LogP contribution in [-0.4, -0.2) is 37.9 Å². The van der Waals surface area contributed by atoms with Gasteiger partial charge in [0.15, 0.2) is 0 Å². The van der Waals surface area contributed by atoms with E-state index in [9.17, 15) is 23.4 Å². The van der Waals surface area contributed by atoms with Crippen molar-refractivity contribution in [2.24, 2.45) is 0 Å². The van der Waals surface area contributed by atoms with Crippen molar-refractivity contribution in [3.63, 3.8) is 0 Å². The van der Waals surface area contributed by atoms with Gasteiger partial charge in [-0.2, -0.15) is 18.3 Å². The number of rotatable bonds is 4. The average Bonchev–Trinajstić information content (AvgIpc) is 3.24. The quantitative estimate of drug-likeness (QED) is 0.640. The van der Waals surface area contributed by atoms with E-state index in [-0.39, 0.29) is 41.0 Å². The Kier molecular flexibility index (Phi) is 4.29. The van der Waals surface area contributed by atoms with Gasteiger partial charge in [0.05, 0.1) is 26.0 Å². The maximum Gasteiger partial charge on any atom is 0.425 e. The topological polar surface area (TPSA) is 78.5 Å². The Morgan fingerprint density at radius 1 is 1.04 bits per heavy atom. The Balaban J connectivity index is 1.98. The van der Waals surface area contributed by atoms with Gasteiger partial charge in [-0.25, -0.2) is 0 Å². The number of hydrogen-bond acceptors (Lipinski definition) is 4. The molecule has 3 N–H and O–H groups in total. The van der Waals surface area contributed by atoms with Gasteiger partial charge in [-0.05, 0) is 34.4 Å². The summed E-state index contributed by atoms with van der Waals surface area (Å²) in [7, 11) is 0. The second-order valence-corrected chi connectivity index (χ2v) is 6.69. The fraction of sp³-hybridized carbons (Fsp3) is 0.250. The molecule has 1 aromatic heterocycles. The van der Waals surface area contributed by atoms with E-state index in [4.69, 9.17) is 5.11 Å². The first-order chi connectivity index (χ1) is 13.3. The standard InChI is InChI=1S/C20H17F3N2O3/c21-20(22,23)19(28)16-4-2-1-3-15(16)18-13(11-27)7-12(8-17(18)19)14-9-24-25(10-14)5-6-26/h1-4,7-10,26-28H,5-6,11H2. The molecule has 1 atom stereocenters. The van der Waals surface area contributed by atoms with Gasteiger partial charge in [-0.15, -0.1) is 0 Å². The Morgan fingerprint density at radius 3 is 2.46 bits per heavy atom. The van der Waals surface area contributed by atoms with Crippen LogP contribution in [0.3, 0.4) is 0 Å². The smallest absolute Gasteiger partial charge is 0.394 e. The van der Waals surface area contributed by atoms with E-state index in [2.05, 4.69) is 5.10 Å². The molecule has 5 nitrogen and oxygen atoms in total. The number of nitrogens with zero attached hydrogens (tertiary/aromatic N) is 2. The molecule has 4 rings (SSSR count). The third-order valence-corrected chi connectivity index (χ3v) is 5.07. The molecule has 0 fully saturated rings. The second kappa shape index (κ2) is 6.44. The number of halogens is 3. The van der Waals surface area contributed by atoms with Gasteiger partial charge in [0.2, 0.25) is 5.60 Å². The van der Waals surface area contributed by atoms with Crippen LogP contribution in [-0.2, 0) is 18.8 Å². The van der Waals surface area contributed by atoms with Crippen molar-refractivity contribution in [3.05, 3.63) is 65.5 Å². The van der Waals surface area contributed by atoms with Crippen LogP contribution in [0.1, 0.15) is 16.7 Å². The van der Waals surface area contributed by atoms with Gasteiger partial charge < -0.3 is 15.3 Å². The van der Waals surface area contributed by atoms with Gasteiger partial charge in [0.25, 0.3) is 0 Å². The van der Waals surface area contributed by atoms with Crippen LogP contribution < -0.4 is 0 Å². The number of hydrogen-bond donors (Lipinski definition) is 3. The van der Waals surface area contributed by atoms with E-state index in [0.29, 0.717) is 11.1 Å². The molecule has 0 saturated heterocycles. The average molecular weight is 390 g/mol. The maximum atomic E-state index is 14.0. The molecule has 1 aliphatic carbocycles. The van der Waals surface area contributed by atoms with Crippen LogP contribution in [0.2, 0.25) is 0 Å². The van der Waals surface area contributed by atoms with Crippen LogP contribution in [0.25, 0.3) is 22.3 Å². The lowest BCUT2D eigenvalue weighted by Gasteiger charge is -2.28. The Labute approximate surface area is 158 Å². The normalized spacial score (nSPS) is 18.2. The second-order valence-electron chi connectivity index (χ2n) is 6.69. The van der Waals surface area contributed by atoms with Gasteiger partial charge in [-0.1, -0.05) is 24.3 Å². The highest BCUT2D eigenvalue weighted by Gasteiger charge is 2.61. The van der Waals surface area contributed by atoms with Gasteiger partial charge in [-0.3, -0.25) is 4.68 Å². The van der Waals surface area contributed by atoms with E-state index in [1.807, 2.05) is 0 Å². The largest absolute Gasteiger partial charge is 0.425 e. The summed E-state index contributed by atoms with van der Waals surface area (Å²) in [6, 6.07) is 8.69. The van der Waals surface area contributed by atoms with E-state index < -0.39 is 18.4 Å². The number of aliphatic hydroxyl groups excluding tert-OH is 2. The predicted molar refractivity (Wildman–Crippen MR) is 95.2 cm³/mol. The maximum absolute atomic E-state index is 14.0. The van der Waals surface area contributed by atoms with Gasteiger partial charge >= 0.3 is 6.18 Å². The number of benzene rings is 2. The summed E-state index contributed by atoms with van der Waals surface area (Å²) in [5.74, 6) is 0. The molecule has 3 aromatic rings. The number of aliphatic hydroxyl groups is 3. The van der Waals surface area contributed by atoms with Crippen molar-refractivity contribution in [3.8, 4) is 22.3 Å². The first kappa shape index (κ1) is 18.7. The minimum Gasteiger partial charge on any atom is -0.394 e. The first-order valence-corrected chi connectivity index (χ1v) is 8.62. The van der Waals surface area contributed by atoms with Crippen LogP contribution in [0, 0.1) is 0 Å². The fourth-order valence-electron chi connectivity index (χ4n) is 3.80. The summed E-state index contributed by atoms with van der Waals surface area (Å²) in [6.07, 6.45) is -1.89. The molecule has 0 aliphatic heterocycles. The molecule has 0 spiro atoms. The van der Waals surface area contributed by atoms with Crippen molar-refractivity contribution in [2.75, 3.05) is 6.61 Å². The van der Waals surface area contributed by atoms with E-state index >= 15 is 0 Å². The Morgan fingerprint density at radius 2 is 1.79 bits per heavy atom. The zero-order chi connectivity index (χ0) is 20.1. The Bertz CT molecular complexity index is 1050. The monoisotopic (exact) mass is 390 g/mol. The van der Waals surface area contributed by atoms with Crippen molar-refractivity contribution in [1.29, 1.82) is 0 Å². The first-order valence-electron chi connectivity index (χ1n) is 8.62. The third kappa shape index (κ3) is 2.56. The van der Waals surface area contributed by atoms with E-state index in [1.54, 1.807) is 18.3 Å². The highest BCUT2D eigenvalue weighted by molar-refractivity contribution is 5.86. The molecule has 0 saturated carbocycles. The fourth-order valence-corrected chi connectivity index (χ4v) is 3.80. The number of fused-ring (bicyclic) bond motifs is 3. The summed E-state index contributed by atoms with van der Waals surface area (Å²) in [5.41, 5.74) is -2.07. The Hall–Kier alpha value is -2.68. The highest BCUT2D eigenvalue weighted by atomic mass is 19.4. The van der Waals surface area contributed by atoms with Crippen molar-refractivity contribution in [2.45, 2.75) is 24.9 Å². The molecule has 1 aliphatic rings. The van der Waals surface area contributed by atoms with E-state index in [1.165, 1.54) is 35.1 Å². The van der Waals surface area contributed by atoms with Gasteiger partial charge in [0.1, 0.15) is 0 Å². The molecular formula is C20H17F3N2O3. The summed E-state index contributed by atoms with van der Waals surface area (Å²) >= 11 is 0. The zero-order valence-electron chi connectivity index (χ0n) is 14.6. The van der Waals surface area contributed by atoms with Crippen molar-refractivity contribution in [1.82, 2.24) is 9.78 Å². The molecule has 146 valence electrons. The molecule has 0 amide bonds. The summed E-state index contributed by atoms with van der Waals surface area (Å²) in [6.45, 7) is -0.366. The molecular weight excluding hydrogens is 373 g/mol. The lowest BCUT2D eigenvalue weighted by Crippen LogP contribution is -2.41. The van der Waals surface area contributed by atoms with Crippen LogP contribution in [0.15, 0.2) is 48.8 Å². The summed E-state index contributed by atoms with van der Waals surface area (Å²) in [4.78, 5) is 0. The third-order valence-electron chi connectivity index (χ3n) is 5.07. The molecule has 28 heavy (non-hydrogen) atoms. The highest BCUT2D eigenvalue weighted by Crippen LogP contribution is 2.56. The van der Waals surface area contributed by atoms with Crippen molar-refractivity contribution < 1.29 is 28.5 Å². The minimum absolute atomic E-state index is 0.129. The zero-order valence-corrected chi connectivity index (χ0v) is 14.6. The van der Waals surface area contributed by atoms with Crippen LogP contribution in [0.4, 0.5) is 13.2 Å². The van der Waals surface area contributed by atoms with Crippen molar-refractivity contribution >= 4 is 0 Å². The number of alkyl halides is 3. The lowest BCUT2D eigenvalue weighted by atomic mass is 9.88. The lowest BCUT2D eigenvalue weighted by molar-refractivity contribution is -0.246. The van der Waals surface area contributed by atoms with E-state index in [0.717, 1.165) is 0 Å². The molecule has 8 heteroatoms. The molecule has 1 heterocycles. The summed E-state index contributed by atoms with van der Waals surface area (Å²) in [5, 5.41) is 33.8. The van der Waals surface area contributed by atoms with Gasteiger partial charge in [0, 0.05) is 22.9 Å². The number of aromatic nitrogens is 2. The van der Waals surface area contributed by atoms with Crippen LogP contribution in [0.5, 0.6) is 0 Å².